The highest BCUT2D eigenvalue weighted by Gasteiger charge is 2.25. The minimum atomic E-state index is -1.23. The quantitative estimate of drug-likeness (QED) is 0.554. The Morgan fingerprint density at radius 1 is 1.50 bits per heavy atom. The van der Waals surface area contributed by atoms with E-state index in [2.05, 4.69) is 0 Å². The Hall–Kier alpha value is -2.11. The lowest BCUT2D eigenvalue weighted by atomic mass is 10.1. The molecular formula is C10H11NO5. The molecule has 0 aromatic heterocycles. The molecule has 1 heterocycles. The number of carboxylic acid groups (broad SMARTS) is 1. The highest BCUT2D eigenvalue weighted by atomic mass is 16.5. The number of hydrogen-bond acceptors (Lipinski definition) is 4. The minimum Gasteiger partial charge on any atom is -0.465 e. The number of carbonyl (C=O) groups is 3. The summed E-state index contributed by atoms with van der Waals surface area (Å²) >= 11 is 0. The second-order valence-corrected chi connectivity index (χ2v) is 2.98. The van der Waals surface area contributed by atoms with Crippen molar-refractivity contribution < 1.29 is 24.2 Å². The SMILES string of the molecule is CCOC(=O)C1C=CN(C(=O)O)C=CC1=O. The summed E-state index contributed by atoms with van der Waals surface area (Å²) < 4.78 is 4.69. The van der Waals surface area contributed by atoms with E-state index in [-0.39, 0.29) is 6.61 Å². The minimum absolute atomic E-state index is 0.169. The van der Waals surface area contributed by atoms with E-state index in [0.29, 0.717) is 0 Å². The van der Waals surface area contributed by atoms with Crippen molar-refractivity contribution in [2.24, 2.45) is 5.92 Å². The Kier molecular flexibility index (Phi) is 3.82. The maximum atomic E-state index is 11.4. The van der Waals surface area contributed by atoms with E-state index in [1.54, 1.807) is 6.92 Å². The highest BCUT2D eigenvalue weighted by molar-refractivity contribution is 6.07. The number of amides is 1. The molecule has 16 heavy (non-hydrogen) atoms. The van der Waals surface area contributed by atoms with Gasteiger partial charge in [0.2, 0.25) is 0 Å². The summed E-state index contributed by atoms with van der Waals surface area (Å²) in [7, 11) is 0. The number of nitrogens with zero attached hydrogens (tertiary/aromatic N) is 1. The van der Waals surface area contributed by atoms with E-state index in [1.807, 2.05) is 0 Å². The number of esters is 1. The van der Waals surface area contributed by atoms with Gasteiger partial charge in [-0.2, -0.15) is 0 Å². The molecular weight excluding hydrogens is 214 g/mol. The molecule has 1 rings (SSSR count). The standard InChI is InChI=1S/C10H11NO5/c1-2-16-9(13)7-3-5-11(10(14)15)6-4-8(7)12/h3-7H,2H2,1H3,(H,14,15). The van der Waals surface area contributed by atoms with Crippen LogP contribution in [0.4, 0.5) is 4.79 Å². The Labute approximate surface area is 91.8 Å². The molecule has 1 aliphatic rings. The van der Waals surface area contributed by atoms with E-state index >= 15 is 0 Å². The van der Waals surface area contributed by atoms with Crippen molar-refractivity contribution in [2.45, 2.75) is 6.92 Å². The molecule has 0 aromatic carbocycles. The topological polar surface area (TPSA) is 83.9 Å². The molecule has 1 amide bonds. The second-order valence-electron chi connectivity index (χ2n) is 2.98. The van der Waals surface area contributed by atoms with Gasteiger partial charge >= 0.3 is 12.1 Å². The summed E-state index contributed by atoms with van der Waals surface area (Å²) in [4.78, 5) is 34.2. The molecule has 0 aliphatic carbocycles. The van der Waals surface area contributed by atoms with E-state index in [0.717, 1.165) is 23.4 Å². The van der Waals surface area contributed by atoms with Crippen LogP contribution in [0.25, 0.3) is 0 Å². The molecule has 1 atom stereocenters. The number of rotatable bonds is 2. The summed E-state index contributed by atoms with van der Waals surface area (Å²) in [5, 5.41) is 8.67. The van der Waals surface area contributed by atoms with E-state index in [9.17, 15) is 14.4 Å². The zero-order chi connectivity index (χ0) is 12.1. The van der Waals surface area contributed by atoms with E-state index in [4.69, 9.17) is 9.84 Å². The first-order valence-corrected chi connectivity index (χ1v) is 4.64. The lowest BCUT2D eigenvalue weighted by Crippen LogP contribution is -2.22. The van der Waals surface area contributed by atoms with Gasteiger partial charge in [-0.1, -0.05) is 0 Å². The Bertz CT molecular complexity index is 371. The first kappa shape index (κ1) is 12.0. The van der Waals surface area contributed by atoms with Crippen molar-refractivity contribution in [1.82, 2.24) is 4.90 Å². The van der Waals surface area contributed by atoms with Gasteiger partial charge in [-0.05, 0) is 19.1 Å². The van der Waals surface area contributed by atoms with Gasteiger partial charge in [0, 0.05) is 12.4 Å². The average Bonchev–Trinajstić information content (AvgIpc) is 2.40. The molecule has 86 valence electrons. The van der Waals surface area contributed by atoms with Crippen molar-refractivity contribution in [1.29, 1.82) is 0 Å². The third kappa shape index (κ3) is 2.69. The van der Waals surface area contributed by atoms with E-state index < -0.39 is 23.8 Å². The average molecular weight is 225 g/mol. The van der Waals surface area contributed by atoms with Crippen molar-refractivity contribution in [2.75, 3.05) is 6.61 Å². The van der Waals surface area contributed by atoms with E-state index in [1.165, 1.54) is 6.08 Å². The fraction of sp³-hybridized carbons (Fsp3) is 0.300. The van der Waals surface area contributed by atoms with Crippen LogP contribution in [-0.2, 0) is 14.3 Å². The maximum absolute atomic E-state index is 11.4. The summed E-state index contributed by atoms with van der Waals surface area (Å²) in [5.74, 6) is -2.25. The predicted molar refractivity (Wildman–Crippen MR) is 53.3 cm³/mol. The first-order valence-electron chi connectivity index (χ1n) is 4.64. The smallest absolute Gasteiger partial charge is 0.415 e. The third-order valence-corrected chi connectivity index (χ3v) is 1.91. The number of ether oxygens (including phenoxy) is 1. The largest absolute Gasteiger partial charge is 0.465 e. The van der Waals surface area contributed by atoms with Gasteiger partial charge in [0.05, 0.1) is 6.61 Å². The molecule has 0 saturated heterocycles. The normalized spacial score (nSPS) is 19.4. The van der Waals surface area contributed by atoms with Crippen molar-refractivity contribution in [3.05, 3.63) is 24.6 Å². The lowest BCUT2D eigenvalue weighted by molar-refractivity contribution is -0.148. The highest BCUT2D eigenvalue weighted by Crippen LogP contribution is 2.11. The van der Waals surface area contributed by atoms with Crippen LogP contribution in [0.5, 0.6) is 0 Å². The zero-order valence-electron chi connectivity index (χ0n) is 8.62. The molecule has 1 N–H and O–H groups in total. The molecule has 1 unspecified atom stereocenters. The molecule has 0 fully saturated rings. The number of hydrogen-bond donors (Lipinski definition) is 1. The Morgan fingerprint density at radius 3 is 2.75 bits per heavy atom. The van der Waals surface area contributed by atoms with Gasteiger partial charge in [0.25, 0.3) is 0 Å². The van der Waals surface area contributed by atoms with Crippen molar-refractivity contribution in [3.8, 4) is 0 Å². The molecule has 0 saturated carbocycles. The molecule has 0 bridgehead atoms. The zero-order valence-corrected chi connectivity index (χ0v) is 8.62. The van der Waals surface area contributed by atoms with Crippen LogP contribution in [0.2, 0.25) is 0 Å². The monoisotopic (exact) mass is 225 g/mol. The fourth-order valence-corrected chi connectivity index (χ4v) is 1.14. The maximum Gasteiger partial charge on any atom is 0.415 e. The Morgan fingerprint density at radius 2 is 2.19 bits per heavy atom. The van der Waals surface area contributed by atoms with Crippen LogP contribution >= 0.6 is 0 Å². The van der Waals surface area contributed by atoms with Gasteiger partial charge in [0.15, 0.2) is 5.78 Å². The van der Waals surface area contributed by atoms with Crippen LogP contribution in [0.3, 0.4) is 0 Å². The number of ketones is 1. The third-order valence-electron chi connectivity index (χ3n) is 1.91. The van der Waals surface area contributed by atoms with Gasteiger partial charge in [-0.3, -0.25) is 14.5 Å². The molecule has 6 heteroatoms. The molecule has 0 radical (unpaired) electrons. The summed E-state index contributed by atoms with van der Waals surface area (Å²) in [6.45, 7) is 1.80. The molecule has 0 aromatic rings. The predicted octanol–water partition coefficient (Wildman–Crippen LogP) is 0.756. The molecule has 6 nitrogen and oxygen atoms in total. The van der Waals surface area contributed by atoms with Crippen LogP contribution in [-0.4, -0.2) is 34.5 Å². The lowest BCUT2D eigenvalue weighted by Gasteiger charge is -2.07. The van der Waals surface area contributed by atoms with Crippen LogP contribution in [0.15, 0.2) is 24.6 Å². The van der Waals surface area contributed by atoms with Crippen LogP contribution < -0.4 is 0 Å². The van der Waals surface area contributed by atoms with Crippen LogP contribution in [0, 0.1) is 5.92 Å². The summed E-state index contributed by atoms with van der Waals surface area (Å²) in [6.07, 6.45) is 3.24. The van der Waals surface area contributed by atoms with Gasteiger partial charge in [0.1, 0.15) is 5.92 Å². The Balaban J connectivity index is 2.86. The summed E-state index contributed by atoms with van der Waals surface area (Å²) in [6, 6.07) is 0. The summed E-state index contributed by atoms with van der Waals surface area (Å²) in [5.41, 5.74) is 0. The fourth-order valence-electron chi connectivity index (χ4n) is 1.14. The van der Waals surface area contributed by atoms with Crippen LogP contribution in [0.1, 0.15) is 6.92 Å². The number of carbonyl (C=O) groups excluding carboxylic acids is 2. The van der Waals surface area contributed by atoms with Crippen molar-refractivity contribution >= 4 is 17.8 Å². The van der Waals surface area contributed by atoms with Gasteiger partial charge in [-0.25, -0.2) is 4.79 Å². The van der Waals surface area contributed by atoms with Gasteiger partial charge in [-0.15, -0.1) is 0 Å². The molecule has 0 spiro atoms. The first-order chi connectivity index (χ1) is 7.56. The van der Waals surface area contributed by atoms with Gasteiger partial charge < -0.3 is 9.84 Å². The number of allylic oxidation sites excluding steroid dienone is 1. The van der Waals surface area contributed by atoms with Crippen molar-refractivity contribution in [3.63, 3.8) is 0 Å². The molecule has 1 aliphatic heterocycles. The second kappa shape index (κ2) is 5.11.